The normalized spacial score (nSPS) is 12.2. The van der Waals surface area contributed by atoms with Gasteiger partial charge >= 0.3 is 0 Å². The zero-order chi connectivity index (χ0) is 28.9. The minimum atomic E-state index is 0.988. The molecule has 1 heterocycles. The number of aryl methyl sites for hydroxylation is 1. The van der Waals surface area contributed by atoms with Crippen LogP contribution in [0, 0.1) is 6.92 Å². The fourth-order valence-electron chi connectivity index (χ4n) is 7.75. The standard InChI is InChI=1S/C42H26N2/c1-25-43-37-16-2-3-17-38(37)44(25)32-12-4-11-29(23-32)31-22-30-21-20-28-9-6-14-34-33-13-5-8-26-18-19-27-10-7-15-35(41(27)39(26)33)36(24-31)42(30)40(28)34/h2-24H,1H3. The first kappa shape index (κ1) is 23.8. The Bertz CT molecular complexity index is 2780. The molecule has 0 aliphatic rings. The van der Waals surface area contributed by atoms with Gasteiger partial charge in [0.1, 0.15) is 5.82 Å². The van der Waals surface area contributed by atoms with Crippen LogP contribution in [0.5, 0.6) is 0 Å². The van der Waals surface area contributed by atoms with E-state index in [2.05, 4.69) is 151 Å². The van der Waals surface area contributed by atoms with Crippen molar-refractivity contribution < 1.29 is 0 Å². The first-order chi connectivity index (χ1) is 21.7. The van der Waals surface area contributed by atoms with E-state index in [4.69, 9.17) is 4.98 Å². The molecule has 0 unspecified atom stereocenters. The summed E-state index contributed by atoms with van der Waals surface area (Å²) >= 11 is 0. The summed E-state index contributed by atoms with van der Waals surface area (Å²) in [5.41, 5.74) is 5.67. The van der Waals surface area contributed by atoms with Gasteiger partial charge in [-0.2, -0.15) is 0 Å². The molecule has 0 bridgehead atoms. The summed E-state index contributed by atoms with van der Waals surface area (Å²) in [4.78, 5) is 4.84. The third-order valence-corrected chi connectivity index (χ3v) is 9.59. The van der Waals surface area contributed by atoms with E-state index < -0.39 is 0 Å². The van der Waals surface area contributed by atoms with Gasteiger partial charge in [0.2, 0.25) is 0 Å². The molecule has 9 aromatic carbocycles. The van der Waals surface area contributed by atoms with E-state index in [1.807, 2.05) is 0 Å². The van der Waals surface area contributed by atoms with Gasteiger partial charge in [-0.25, -0.2) is 4.98 Å². The smallest absolute Gasteiger partial charge is 0.111 e. The lowest BCUT2D eigenvalue weighted by Crippen LogP contribution is -1.97. The average Bonchev–Trinajstić information content (AvgIpc) is 3.41. The first-order valence-corrected chi connectivity index (χ1v) is 15.2. The van der Waals surface area contributed by atoms with E-state index >= 15 is 0 Å². The van der Waals surface area contributed by atoms with Gasteiger partial charge in [-0.1, -0.05) is 103 Å². The molecule has 0 saturated carbocycles. The highest BCUT2D eigenvalue weighted by atomic mass is 15.1. The second-order valence-electron chi connectivity index (χ2n) is 12.0. The quantitative estimate of drug-likeness (QED) is 0.193. The summed E-state index contributed by atoms with van der Waals surface area (Å²) in [6.07, 6.45) is 0. The van der Waals surface area contributed by atoms with Crippen LogP contribution >= 0.6 is 0 Å². The summed E-state index contributed by atoms with van der Waals surface area (Å²) < 4.78 is 2.26. The topological polar surface area (TPSA) is 17.8 Å². The van der Waals surface area contributed by atoms with Crippen LogP contribution in [-0.4, -0.2) is 9.55 Å². The molecule has 0 radical (unpaired) electrons. The number of hydrogen-bond donors (Lipinski definition) is 0. The van der Waals surface area contributed by atoms with Crippen molar-refractivity contribution >= 4 is 75.7 Å². The first-order valence-electron chi connectivity index (χ1n) is 15.2. The molecular weight excluding hydrogens is 532 g/mol. The van der Waals surface area contributed by atoms with Crippen molar-refractivity contribution in [2.75, 3.05) is 0 Å². The van der Waals surface area contributed by atoms with E-state index in [1.54, 1.807) is 0 Å². The third-order valence-electron chi connectivity index (χ3n) is 9.59. The van der Waals surface area contributed by atoms with Crippen LogP contribution in [-0.2, 0) is 0 Å². The van der Waals surface area contributed by atoms with Gasteiger partial charge in [-0.15, -0.1) is 0 Å². The number of hydrogen-bond acceptors (Lipinski definition) is 1. The Balaban J connectivity index is 1.37. The van der Waals surface area contributed by atoms with E-state index in [0.717, 1.165) is 22.5 Å². The molecule has 204 valence electrons. The molecule has 10 rings (SSSR count). The van der Waals surface area contributed by atoms with Crippen LogP contribution in [0.15, 0.2) is 140 Å². The van der Waals surface area contributed by atoms with Crippen LogP contribution in [0.25, 0.3) is 92.5 Å². The highest BCUT2D eigenvalue weighted by molar-refractivity contribution is 6.37. The number of aromatic nitrogens is 2. The van der Waals surface area contributed by atoms with Gasteiger partial charge in [0.25, 0.3) is 0 Å². The van der Waals surface area contributed by atoms with Gasteiger partial charge in [-0.3, -0.25) is 4.57 Å². The Morgan fingerprint density at radius 2 is 1.00 bits per heavy atom. The summed E-state index contributed by atoms with van der Waals surface area (Å²) in [5, 5.41) is 15.6. The maximum Gasteiger partial charge on any atom is 0.111 e. The Labute approximate surface area is 253 Å². The molecule has 0 aliphatic heterocycles. The Morgan fingerprint density at radius 1 is 0.432 bits per heavy atom. The Morgan fingerprint density at radius 3 is 1.68 bits per heavy atom. The predicted octanol–water partition coefficient (Wildman–Crippen LogP) is 11.4. The lowest BCUT2D eigenvalue weighted by Gasteiger charge is -2.17. The van der Waals surface area contributed by atoms with Crippen molar-refractivity contribution in [1.29, 1.82) is 0 Å². The molecule has 0 saturated heterocycles. The van der Waals surface area contributed by atoms with Gasteiger partial charge < -0.3 is 0 Å². The number of benzene rings is 8. The molecule has 10 aromatic rings. The van der Waals surface area contributed by atoms with Gasteiger partial charge in [0.05, 0.1) is 11.0 Å². The van der Waals surface area contributed by atoms with Crippen LogP contribution in [0.4, 0.5) is 0 Å². The maximum atomic E-state index is 4.84. The lowest BCUT2D eigenvalue weighted by molar-refractivity contribution is 1.00. The zero-order valence-corrected chi connectivity index (χ0v) is 24.2. The van der Waals surface area contributed by atoms with Crippen molar-refractivity contribution in [2.24, 2.45) is 0 Å². The monoisotopic (exact) mass is 558 g/mol. The molecule has 0 atom stereocenters. The largest absolute Gasteiger partial charge is 0.297 e. The van der Waals surface area contributed by atoms with E-state index in [1.165, 1.54) is 75.8 Å². The highest BCUT2D eigenvalue weighted by Crippen LogP contribution is 2.44. The number of nitrogens with zero attached hydrogens (tertiary/aromatic N) is 2. The van der Waals surface area contributed by atoms with Gasteiger partial charge in [0.15, 0.2) is 0 Å². The van der Waals surface area contributed by atoms with E-state index in [0.29, 0.717) is 0 Å². The zero-order valence-electron chi connectivity index (χ0n) is 24.2. The highest BCUT2D eigenvalue weighted by Gasteiger charge is 2.17. The molecule has 2 heteroatoms. The SMILES string of the molecule is Cc1nc2ccccc2n1-c1cccc(-c2cc3ccc4cccc5c6cccc7ccc8cccc(c(c2)c3c45)c8c76)c1. The minimum Gasteiger partial charge on any atom is -0.297 e. The minimum absolute atomic E-state index is 0.988. The Kier molecular flexibility index (Phi) is 4.68. The van der Waals surface area contributed by atoms with Crippen molar-refractivity contribution in [3.05, 3.63) is 145 Å². The number of rotatable bonds is 2. The van der Waals surface area contributed by atoms with Crippen molar-refractivity contribution in [2.45, 2.75) is 6.92 Å². The van der Waals surface area contributed by atoms with Crippen molar-refractivity contribution in [3.63, 3.8) is 0 Å². The summed E-state index contributed by atoms with van der Waals surface area (Å²) in [6, 6.07) is 51.5. The molecule has 0 N–H and O–H groups in total. The lowest BCUT2D eigenvalue weighted by atomic mass is 9.86. The van der Waals surface area contributed by atoms with Gasteiger partial charge in [-0.05, 0) is 119 Å². The summed E-state index contributed by atoms with van der Waals surface area (Å²) in [6.45, 7) is 2.08. The second kappa shape index (κ2) is 8.65. The van der Waals surface area contributed by atoms with E-state index in [-0.39, 0.29) is 0 Å². The molecule has 0 amide bonds. The van der Waals surface area contributed by atoms with Crippen LogP contribution in [0.1, 0.15) is 5.82 Å². The molecule has 2 nitrogen and oxygen atoms in total. The molecule has 44 heavy (non-hydrogen) atoms. The van der Waals surface area contributed by atoms with Crippen LogP contribution < -0.4 is 0 Å². The summed E-state index contributed by atoms with van der Waals surface area (Å²) in [5.74, 6) is 0.988. The molecular formula is C42H26N2. The number of para-hydroxylation sites is 2. The average molecular weight is 559 g/mol. The van der Waals surface area contributed by atoms with Gasteiger partial charge in [0, 0.05) is 5.69 Å². The Hall–Kier alpha value is -5.73. The van der Waals surface area contributed by atoms with E-state index in [9.17, 15) is 0 Å². The number of imidazole rings is 1. The molecule has 0 fully saturated rings. The molecule has 0 spiro atoms. The molecule has 0 aliphatic carbocycles. The van der Waals surface area contributed by atoms with Crippen LogP contribution in [0.2, 0.25) is 0 Å². The predicted molar refractivity (Wildman–Crippen MR) is 187 cm³/mol. The second-order valence-corrected chi connectivity index (χ2v) is 12.0. The summed E-state index contributed by atoms with van der Waals surface area (Å²) in [7, 11) is 0. The molecule has 1 aromatic heterocycles. The number of fused-ring (bicyclic) bond motifs is 3. The van der Waals surface area contributed by atoms with Crippen molar-refractivity contribution in [1.82, 2.24) is 9.55 Å². The fourth-order valence-corrected chi connectivity index (χ4v) is 7.75. The maximum absolute atomic E-state index is 4.84. The fraction of sp³-hybridized carbons (Fsp3) is 0.0238. The third kappa shape index (κ3) is 3.17. The van der Waals surface area contributed by atoms with Crippen LogP contribution in [0.3, 0.4) is 0 Å². The van der Waals surface area contributed by atoms with Crippen molar-refractivity contribution in [3.8, 4) is 16.8 Å².